The number of hydrogen-bond donors (Lipinski definition) is 1. The minimum Gasteiger partial charge on any atom is -0.382 e. The molecule has 5 nitrogen and oxygen atoms in total. The van der Waals surface area contributed by atoms with Crippen LogP contribution in [-0.2, 0) is 4.74 Å². The maximum absolute atomic E-state index is 12.5. The number of thioether (sulfide) groups is 1. The highest BCUT2D eigenvalue weighted by Gasteiger charge is 2.22. The molecule has 2 rings (SSSR count). The molecule has 0 aliphatic carbocycles. The van der Waals surface area contributed by atoms with Crippen molar-refractivity contribution in [1.82, 2.24) is 9.88 Å². The second kappa shape index (κ2) is 9.30. The molecular weight excluding hydrogens is 322 g/mol. The van der Waals surface area contributed by atoms with Crippen molar-refractivity contribution in [2.75, 3.05) is 31.8 Å². The van der Waals surface area contributed by atoms with Crippen molar-refractivity contribution in [1.29, 1.82) is 0 Å². The Labute approximate surface area is 147 Å². The van der Waals surface area contributed by atoms with Crippen molar-refractivity contribution in [3.63, 3.8) is 0 Å². The highest BCUT2D eigenvalue weighted by Crippen LogP contribution is 2.22. The van der Waals surface area contributed by atoms with Gasteiger partial charge in [0.25, 0.3) is 0 Å². The Morgan fingerprint density at radius 2 is 2.04 bits per heavy atom. The number of ether oxygens (including phenoxy) is 1. The first-order valence-electron chi connectivity index (χ1n) is 7.82. The van der Waals surface area contributed by atoms with Crippen molar-refractivity contribution >= 4 is 23.5 Å². The molecule has 0 saturated carbocycles. The Balaban J connectivity index is 2.06. The predicted octanol–water partition coefficient (Wildman–Crippen LogP) is 4.05. The van der Waals surface area contributed by atoms with E-state index in [1.54, 1.807) is 37.0 Å². The molecule has 1 aromatic heterocycles. The zero-order chi connectivity index (χ0) is 17.4. The van der Waals surface area contributed by atoms with Crippen LogP contribution in [0.25, 0.3) is 0 Å². The van der Waals surface area contributed by atoms with Gasteiger partial charge in [0.05, 0.1) is 18.3 Å². The number of urea groups is 1. The number of carbonyl (C=O) groups excluding carboxylic acids is 1. The number of aromatic nitrogens is 1. The van der Waals surface area contributed by atoms with Crippen molar-refractivity contribution in [3.8, 4) is 0 Å². The number of nitrogens with one attached hydrogen (secondary N) is 1. The van der Waals surface area contributed by atoms with Gasteiger partial charge in [0.1, 0.15) is 0 Å². The minimum atomic E-state index is -0.244. The van der Waals surface area contributed by atoms with Crippen molar-refractivity contribution in [2.24, 2.45) is 0 Å². The molecule has 0 fully saturated rings. The van der Waals surface area contributed by atoms with E-state index >= 15 is 0 Å². The van der Waals surface area contributed by atoms with Gasteiger partial charge in [-0.05, 0) is 42.2 Å². The summed E-state index contributed by atoms with van der Waals surface area (Å²) in [7, 11) is 3.36. The first-order valence-corrected chi connectivity index (χ1v) is 8.80. The van der Waals surface area contributed by atoms with E-state index < -0.39 is 0 Å². The van der Waals surface area contributed by atoms with Gasteiger partial charge in [-0.15, -0.1) is 11.8 Å². The number of likely N-dealkylation sites (N-methyl/N-ethyl adjacent to an activating group) is 1. The van der Waals surface area contributed by atoms with E-state index in [9.17, 15) is 4.79 Å². The second-order valence-corrected chi connectivity index (χ2v) is 6.56. The number of nitrogens with zero attached hydrogens (tertiary/aromatic N) is 2. The Hall–Kier alpha value is -2.05. The topological polar surface area (TPSA) is 54.5 Å². The van der Waals surface area contributed by atoms with Crippen LogP contribution in [0.3, 0.4) is 0 Å². The number of hydrogen-bond acceptors (Lipinski definition) is 4. The molecule has 2 aromatic rings. The molecule has 6 heteroatoms. The van der Waals surface area contributed by atoms with E-state index in [4.69, 9.17) is 4.74 Å². The third-order valence-corrected chi connectivity index (χ3v) is 4.45. The summed E-state index contributed by atoms with van der Waals surface area (Å²) in [5, 5.41) is 2.91. The van der Waals surface area contributed by atoms with Crippen molar-refractivity contribution in [2.45, 2.75) is 17.9 Å². The van der Waals surface area contributed by atoms with Crippen LogP contribution in [0.2, 0.25) is 0 Å². The molecule has 24 heavy (non-hydrogen) atoms. The van der Waals surface area contributed by atoms with Crippen molar-refractivity contribution in [3.05, 3.63) is 54.4 Å². The monoisotopic (exact) mass is 345 g/mol. The normalized spacial score (nSPS) is 11.8. The van der Waals surface area contributed by atoms with Gasteiger partial charge in [-0.3, -0.25) is 4.98 Å². The van der Waals surface area contributed by atoms with Gasteiger partial charge in [-0.1, -0.05) is 13.0 Å². The van der Waals surface area contributed by atoms with Gasteiger partial charge in [-0.25, -0.2) is 4.79 Å². The fourth-order valence-electron chi connectivity index (χ4n) is 2.28. The predicted molar refractivity (Wildman–Crippen MR) is 98.5 cm³/mol. The minimum absolute atomic E-state index is 0.196. The van der Waals surface area contributed by atoms with Gasteiger partial charge < -0.3 is 15.0 Å². The molecule has 0 aliphatic rings. The lowest BCUT2D eigenvalue weighted by Gasteiger charge is -2.27. The number of benzene rings is 1. The van der Waals surface area contributed by atoms with Crippen LogP contribution in [0.4, 0.5) is 10.5 Å². The van der Waals surface area contributed by atoms with Gasteiger partial charge in [0.2, 0.25) is 0 Å². The summed E-state index contributed by atoms with van der Waals surface area (Å²) >= 11 is 1.77. The molecule has 2 amide bonds. The van der Waals surface area contributed by atoms with E-state index in [0.29, 0.717) is 6.61 Å². The number of rotatable bonds is 7. The molecule has 128 valence electrons. The lowest BCUT2D eigenvalue weighted by Crippen LogP contribution is -2.37. The maximum Gasteiger partial charge on any atom is 0.322 e. The van der Waals surface area contributed by atoms with Gasteiger partial charge in [0, 0.05) is 30.9 Å². The number of carbonyl (C=O) groups is 1. The third kappa shape index (κ3) is 4.97. The first-order chi connectivity index (χ1) is 11.7. The number of pyridine rings is 1. The maximum atomic E-state index is 12.5. The van der Waals surface area contributed by atoms with Crippen LogP contribution in [0.1, 0.15) is 18.7 Å². The summed E-state index contributed by atoms with van der Waals surface area (Å²) in [5.41, 5.74) is 1.57. The summed E-state index contributed by atoms with van der Waals surface area (Å²) in [6.45, 7) is 2.50. The third-order valence-electron chi connectivity index (χ3n) is 3.56. The average molecular weight is 345 g/mol. The highest BCUT2D eigenvalue weighted by molar-refractivity contribution is 7.99. The molecule has 1 heterocycles. The van der Waals surface area contributed by atoms with Crippen LogP contribution < -0.4 is 5.32 Å². The fraction of sp³-hybridized carbons (Fsp3) is 0.333. The Morgan fingerprint density at radius 1 is 1.29 bits per heavy atom. The lowest BCUT2D eigenvalue weighted by molar-refractivity contribution is 0.119. The van der Waals surface area contributed by atoms with Gasteiger partial charge in [-0.2, -0.15) is 0 Å². The van der Waals surface area contributed by atoms with E-state index in [1.807, 2.05) is 42.5 Å². The van der Waals surface area contributed by atoms with Crippen LogP contribution in [0.15, 0.2) is 53.6 Å². The number of anilines is 1. The summed E-state index contributed by atoms with van der Waals surface area (Å²) in [5.74, 6) is 1.03. The Morgan fingerprint density at radius 3 is 2.62 bits per heavy atom. The summed E-state index contributed by atoms with van der Waals surface area (Å²) in [6.07, 6.45) is 1.72. The van der Waals surface area contributed by atoms with E-state index in [-0.39, 0.29) is 12.1 Å². The smallest absolute Gasteiger partial charge is 0.322 e. The summed E-state index contributed by atoms with van der Waals surface area (Å²) in [4.78, 5) is 19.7. The fourth-order valence-corrected chi connectivity index (χ4v) is 2.94. The molecule has 0 saturated heterocycles. The van der Waals surface area contributed by atoms with Crippen molar-refractivity contribution < 1.29 is 9.53 Å². The number of methoxy groups -OCH3 is 1. The molecule has 0 radical (unpaired) electrons. The average Bonchev–Trinajstić information content (AvgIpc) is 2.61. The van der Waals surface area contributed by atoms with Crippen LogP contribution in [0.5, 0.6) is 0 Å². The van der Waals surface area contributed by atoms with Crippen LogP contribution >= 0.6 is 11.8 Å². The molecule has 1 atom stereocenters. The van der Waals surface area contributed by atoms with Crippen LogP contribution in [-0.4, -0.2) is 42.4 Å². The molecule has 1 unspecified atom stereocenters. The molecule has 0 bridgehead atoms. The molecular formula is C18H23N3O2S. The van der Waals surface area contributed by atoms with Crippen LogP contribution in [0, 0.1) is 0 Å². The van der Waals surface area contributed by atoms with Gasteiger partial charge >= 0.3 is 6.03 Å². The molecule has 1 N–H and O–H groups in total. The second-order valence-electron chi connectivity index (χ2n) is 5.22. The largest absolute Gasteiger partial charge is 0.382 e. The van der Waals surface area contributed by atoms with Gasteiger partial charge in [0.15, 0.2) is 0 Å². The summed E-state index contributed by atoms with van der Waals surface area (Å²) in [6, 6.07) is 13.1. The quantitative estimate of drug-likeness (QED) is 0.769. The Bertz CT molecular complexity index is 634. The molecule has 0 aliphatic heterocycles. The lowest BCUT2D eigenvalue weighted by atomic mass is 10.2. The summed E-state index contributed by atoms with van der Waals surface area (Å²) < 4.78 is 5.26. The standard InChI is InChI=1S/C18H23N3O2S/c1-4-24-15-10-8-14(9-11-15)20-18(22)21(2)17(13-23-3)16-7-5-6-12-19-16/h5-12,17H,4,13H2,1-3H3,(H,20,22). The van der Waals surface area contributed by atoms with E-state index in [1.165, 1.54) is 4.90 Å². The van der Waals surface area contributed by atoms with E-state index in [0.717, 1.165) is 17.1 Å². The Kier molecular flexibility index (Phi) is 7.08. The SMILES string of the molecule is CCSc1ccc(NC(=O)N(C)C(COC)c2ccccn2)cc1. The molecule has 0 spiro atoms. The molecule has 1 aromatic carbocycles. The zero-order valence-corrected chi connectivity index (χ0v) is 15.0. The highest BCUT2D eigenvalue weighted by atomic mass is 32.2. The zero-order valence-electron chi connectivity index (χ0n) is 14.2. The number of amides is 2. The van der Waals surface area contributed by atoms with E-state index in [2.05, 4.69) is 17.2 Å². The first kappa shape index (κ1) is 18.3.